The molecular weight excluding hydrogens is 312 g/mol. The number of hydroxylamine groups is 2. The van der Waals surface area contributed by atoms with E-state index >= 15 is 0 Å². The smallest absolute Gasteiger partial charge is 0.330 e. The lowest BCUT2D eigenvalue weighted by Gasteiger charge is -2.14. The summed E-state index contributed by atoms with van der Waals surface area (Å²) in [5.41, 5.74) is 0.280. The van der Waals surface area contributed by atoms with Crippen molar-refractivity contribution in [2.24, 2.45) is 0 Å². The maximum atomic E-state index is 12.0. The molecule has 0 unspecified atom stereocenters. The molecule has 0 aromatic heterocycles. The van der Waals surface area contributed by atoms with Crippen LogP contribution in [0.4, 0.5) is 0 Å². The van der Waals surface area contributed by atoms with E-state index in [0.29, 0.717) is 5.06 Å². The zero-order valence-electron chi connectivity index (χ0n) is 12.0. The molecular formula is C13H14N2O6S. The maximum absolute atomic E-state index is 12.0. The van der Waals surface area contributed by atoms with Crippen LogP contribution >= 0.6 is 0 Å². The van der Waals surface area contributed by atoms with Crippen LogP contribution in [0, 0.1) is 0 Å². The van der Waals surface area contributed by atoms with Crippen LogP contribution in [-0.2, 0) is 19.7 Å². The summed E-state index contributed by atoms with van der Waals surface area (Å²) in [6.45, 7) is 0. The second-order valence-electron chi connectivity index (χ2n) is 4.76. The molecule has 1 aromatic rings. The summed E-state index contributed by atoms with van der Waals surface area (Å²) in [6.07, 6.45) is -0.464. The monoisotopic (exact) mass is 326 g/mol. The summed E-state index contributed by atoms with van der Waals surface area (Å²) < 4.78 is 24.1. The van der Waals surface area contributed by atoms with Crippen LogP contribution in [0.15, 0.2) is 24.3 Å². The molecule has 1 aromatic carbocycles. The van der Waals surface area contributed by atoms with Crippen molar-refractivity contribution in [3.63, 3.8) is 0 Å². The van der Waals surface area contributed by atoms with Crippen molar-refractivity contribution in [2.75, 3.05) is 19.8 Å². The average Bonchev–Trinajstić information content (AvgIpc) is 2.71. The molecule has 118 valence electrons. The van der Waals surface area contributed by atoms with Crippen LogP contribution in [0.5, 0.6) is 0 Å². The van der Waals surface area contributed by atoms with Gasteiger partial charge in [-0.15, -0.1) is 0 Å². The topological polar surface area (TPSA) is 101 Å². The number of benzene rings is 1. The van der Waals surface area contributed by atoms with Gasteiger partial charge in [0.25, 0.3) is 11.8 Å². The lowest BCUT2D eigenvalue weighted by molar-refractivity contribution is -0.168. The molecule has 0 fully saturated rings. The van der Waals surface area contributed by atoms with Gasteiger partial charge < -0.3 is 4.84 Å². The Morgan fingerprint density at radius 3 is 2.09 bits per heavy atom. The van der Waals surface area contributed by atoms with Gasteiger partial charge >= 0.3 is 5.97 Å². The second-order valence-corrected chi connectivity index (χ2v) is 7.06. The van der Waals surface area contributed by atoms with Gasteiger partial charge in [-0.05, 0) is 12.1 Å². The number of hydrogen-bond donors (Lipinski definition) is 0. The number of nitrogens with zero attached hydrogens (tertiary/aromatic N) is 2. The van der Waals surface area contributed by atoms with Crippen molar-refractivity contribution < 1.29 is 27.6 Å². The lowest BCUT2D eigenvalue weighted by atomic mass is 10.1. The highest BCUT2D eigenvalue weighted by Gasteiger charge is 2.38. The normalized spacial score (nSPS) is 14.4. The molecule has 1 aliphatic rings. The van der Waals surface area contributed by atoms with E-state index in [9.17, 15) is 22.8 Å². The highest BCUT2D eigenvalue weighted by Crippen LogP contribution is 2.22. The Balaban J connectivity index is 2.02. The fourth-order valence-electron chi connectivity index (χ4n) is 1.79. The van der Waals surface area contributed by atoms with E-state index in [0.717, 1.165) is 4.31 Å². The van der Waals surface area contributed by atoms with Crippen molar-refractivity contribution in [3.05, 3.63) is 35.4 Å². The largest absolute Gasteiger partial charge is 0.334 e. The van der Waals surface area contributed by atoms with Crippen molar-refractivity contribution in [2.45, 2.75) is 6.42 Å². The van der Waals surface area contributed by atoms with Crippen LogP contribution in [0.25, 0.3) is 0 Å². The first-order valence-electron chi connectivity index (χ1n) is 6.33. The number of carbonyl (C=O) groups excluding carboxylic acids is 3. The fraction of sp³-hybridized carbons (Fsp3) is 0.308. The Morgan fingerprint density at radius 1 is 1.14 bits per heavy atom. The molecule has 0 bridgehead atoms. The maximum Gasteiger partial charge on any atom is 0.334 e. The van der Waals surface area contributed by atoms with Crippen molar-refractivity contribution in [3.8, 4) is 0 Å². The van der Waals surface area contributed by atoms with E-state index in [1.54, 1.807) is 12.1 Å². The zero-order chi connectivity index (χ0) is 16.5. The fourth-order valence-corrected chi connectivity index (χ4v) is 2.58. The van der Waals surface area contributed by atoms with E-state index < -0.39 is 40.0 Å². The SMILES string of the molecule is CN(C)S(=O)(=O)CCC(=O)ON1C(=O)c2ccccc2C1=O. The molecule has 22 heavy (non-hydrogen) atoms. The summed E-state index contributed by atoms with van der Waals surface area (Å²) in [5, 5.41) is 0.356. The molecule has 1 heterocycles. The van der Waals surface area contributed by atoms with Gasteiger partial charge in [0.2, 0.25) is 10.0 Å². The first-order chi connectivity index (χ1) is 10.2. The third-order valence-electron chi connectivity index (χ3n) is 3.07. The minimum Gasteiger partial charge on any atom is -0.330 e. The summed E-state index contributed by atoms with van der Waals surface area (Å²) >= 11 is 0. The number of sulfonamides is 1. The van der Waals surface area contributed by atoms with E-state index in [2.05, 4.69) is 0 Å². The molecule has 0 spiro atoms. The van der Waals surface area contributed by atoms with E-state index in [-0.39, 0.29) is 11.1 Å². The highest BCUT2D eigenvalue weighted by atomic mass is 32.2. The van der Waals surface area contributed by atoms with Crippen molar-refractivity contribution >= 4 is 27.8 Å². The van der Waals surface area contributed by atoms with Crippen LogP contribution in [0.3, 0.4) is 0 Å². The Hall–Kier alpha value is -2.26. The van der Waals surface area contributed by atoms with E-state index in [1.165, 1.54) is 26.2 Å². The summed E-state index contributed by atoms with van der Waals surface area (Å²) in [6, 6.07) is 6.05. The number of amides is 2. The molecule has 0 N–H and O–H groups in total. The Bertz CT molecular complexity index is 706. The van der Waals surface area contributed by atoms with Gasteiger partial charge in [0.15, 0.2) is 0 Å². The van der Waals surface area contributed by atoms with Crippen LogP contribution in [0.1, 0.15) is 27.1 Å². The predicted octanol–water partition coefficient (Wildman–Crippen LogP) is 0.0223. The van der Waals surface area contributed by atoms with Gasteiger partial charge in [-0.3, -0.25) is 9.59 Å². The number of carbonyl (C=O) groups is 3. The molecule has 0 atom stereocenters. The quantitative estimate of drug-likeness (QED) is 0.707. The molecule has 9 heteroatoms. The second kappa shape index (κ2) is 5.85. The molecule has 2 rings (SSSR count). The molecule has 8 nitrogen and oxygen atoms in total. The number of hydrogen-bond acceptors (Lipinski definition) is 6. The van der Waals surface area contributed by atoms with Gasteiger partial charge in [-0.1, -0.05) is 17.2 Å². The molecule has 0 radical (unpaired) electrons. The summed E-state index contributed by atoms with van der Waals surface area (Å²) in [4.78, 5) is 40.3. The Labute approximate surface area is 127 Å². The zero-order valence-corrected chi connectivity index (χ0v) is 12.8. The van der Waals surface area contributed by atoms with Crippen molar-refractivity contribution in [1.29, 1.82) is 0 Å². The third kappa shape index (κ3) is 3.00. The van der Waals surface area contributed by atoms with Crippen LogP contribution < -0.4 is 0 Å². The van der Waals surface area contributed by atoms with Crippen molar-refractivity contribution in [1.82, 2.24) is 9.37 Å². The van der Waals surface area contributed by atoms with E-state index in [1.807, 2.05) is 0 Å². The molecule has 0 aliphatic carbocycles. The first-order valence-corrected chi connectivity index (χ1v) is 7.94. The van der Waals surface area contributed by atoms with Gasteiger partial charge in [0.05, 0.1) is 23.3 Å². The van der Waals surface area contributed by atoms with E-state index in [4.69, 9.17) is 4.84 Å². The number of fused-ring (bicyclic) bond motifs is 1. The standard InChI is InChI=1S/C13H14N2O6S/c1-14(2)22(19,20)8-7-11(16)21-15-12(17)9-5-3-4-6-10(9)13(15)18/h3-6H,7-8H2,1-2H3. The highest BCUT2D eigenvalue weighted by molar-refractivity contribution is 7.89. The first kappa shape index (κ1) is 16.1. The Morgan fingerprint density at radius 2 is 1.64 bits per heavy atom. The minimum atomic E-state index is -3.56. The van der Waals surface area contributed by atoms with Crippen LogP contribution in [0.2, 0.25) is 0 Å². The van der Waals surface area contributed by atoms with Gasteiger partial charge in [-0.2, -0.15) is 0 Å². The average molecular weight is 326 g/mol. The summed E-state index contributed by atoms with van der Waals surface area (Å²) in [5.74, 6) is -2.93. The molecule has 1 aliphatic heterocycles. The van der Waals surface area contributed by atoms with Gasteiger partial charge in [0.1, 0.15) is 0 Å². The lowest BCUT2D eigenvalue weighted by Crippen LogP contribution is -2.34. The Kier molecular flexibility index (Phi) is 4.29. The van der Waals surface area contributed by atoms with Gasteiger partial charge in [0, 0.05) is 14.1 Å². The minimum absolute atomic E-state index is 0.140. The number of rotatable bonds is 5. The number of imide groups is 1. The summed E-state index contributed by atoms with van der Waals surface area (Å²) in [7, 11) is -0.887. The third-order valence-corrected chi connectivity index (χ3v) is 4.90. The molecule has 2 amide bonds. The molecule has 0 saturated carbocycles. The predicted molar refractivity (Wildman–Crippen MR) is 75.1 cm³/mol. The van der Waals surface area contributed by atoms with Crippen LogP contribution in [-0.4, -0.2) is 55.4 Å². The molecule has 0 saturated heterocycles. The van der Waals surface area contributed by atoms with Gasteiger partial charge in [-0.25, -0.2) is 17.5 Å².